The van der Waals surface area contributed by atoms with Crippen molar-refractivity contribution in [1.82, 2.24) is 14.7 Å². The molecule has 10 heteroatoms. The van der Waals surface area contributed by atoms with Gasteiger partial charge in [-0.05, 0) is 31.2 Å². The molecule has 1 aromatic heterocycles. The van der Waals surface area contributed by atoms with E-state index in [-0.39, 0.29) is 11.4 Å². The molecule has 2 N–H and O–H groups in total. The summed E-state index contributed by atoms with van der Waals surface area (Å²) in [6, 6.07) is 8.43. The number of sulfonamides is 1. The van der Waals surface area contributed by atoms with Gasteiger partial charge >= 0.3 is 0 Å². The van der Waals surface area contributed by atoms with Gasteiger partial charge in [0, 0.05) is 42.4 Å². The number of rotatable bonds is 7. The van der Waals surface area contributed by atoms with Gasteiger partial charge in [0.05, 0.1) is 18.1 Å². The monoisotopic (exact) mass is 455 g/mol. The largest absolute Gasteiger partial charge is 0.378 e. The molecule has 146 valence electrons. The molecule has 0 saturated carbocycles. The average molecular weight is 456 g/mol. The van der Waals surface area contributed by atoms with E-state index in [4.69, 9.17) is 4.74 Å². The molecule has 27 heavy (non-hydrogen) atoms. The lowest BCUT2D eigenvalue weighted by Crippen LogP contribution is -2.37. The number of morpholine rings is 1. The summed E-state index contributed by atoms with van der Waals surface area (Å²) in [5.41, 5.74) is 0.851. The Morgan fingerprint density at radius 1 is 1.15 bits per heavy atom. The van der Waals surface area contributed by atoms with Gasteiger partial charge in [0.2, 0.25) is 16.0 Å². The van der Waals surface area contributed by atoms with Crippen LogP contribution >= 0.6 is 15.9 Å². The fourth-order valence-electron chi connectivity index (χ4n) is 2.64. The Labute approximate surface area is 167 Å². The second kappa shape index (κ2) is 8.96. The molecule has 1 saturated heterocycles. The third-order valence-corrected chi connectivity index (χ3v) is 6.01. The van der Waals surface area contributed by atoms with Gasteiger partial charge in [-0.1, -0.05) is 15.9 Å². The average Bonchev–Trinajstić information content (AvgIpc) is 2.66. The lowest BCUT2D eigenvalue weighted by Gasteiger charge is -2.28. The molecule has 0 atom stereocenters. The van der Waals surface area contributed by atoms with Gasteiger partial charge < -0.3 is 15.0 Å². The third-order valence-electron chi connectivity index (χ3n) is 4.00. The Kier molecular flexibility index (Phi) is 6.64. The molecular weight excluding hydrogens is 434 g/mol. The summed E-state index contributed by atoms with van der Waals surface area (Å²) in [7, 11) is -3.54. The summed E-state index contributed by atoms with van der Waals surface area (Å²) in [6.45, 7) is 5.47. The molecule has 0 aliphatic carbocycles. The van der Waals surface area contributed by atoms with Gasteiger partial charge in [-0.25, -0.2) is 18.1 Å². The Balaban J connectivity index is 1.55. The van der Waals surface area contributed by atoms with Gasteiger partial charge in [0.1, 0.15) is 5.82 Å². The standard InChI is InChI=1S/C17H22BrN5O3S/c1-13-12-16(23-8-10-26-11-9-23)22-17(21-13)19-6-7-20-27(24,25)15-4-2-14(18)3-5-15/h2-5,12,20H,6-11H2,1H3,(H,19,21,22). The first kappa shape index (κ1) is 20.0. The van der Waals surface area contributed by atoms with Crippen molar-refractivity contribution < 1.29 is 13.2 Å². The van der Waals surface area contributed by atoms with Crippen LogP contribution in [0.1, 0.15) is 5.69 Å². The first-order valence-electron chi connectivity index (χ1n) is 8.61. The van der Waals surface area contributed by atoms with Crippen LogP contribution < -0.4 is 14.9 Å². The molecular formula is C17H22BrN5O3S. The highest BCUT2D eigenvalue weighted by atomic mass is 79.9. The Bertz CT molecular complexity index is 871. The van der Waals surface area contributed by atoms with E-state index in [0.29, 0.717) is 25.7 Å². The van der Waals surface area contributed by atoms with Gasteiger partial charge in [-0.3, -0.25) is 0 Å². The second-order valence-electron chi connectivity index (χ2n) is 6.07. The van der Waals surface area contributed by atoms with Crippen molar-refractivity contribution in [3.63, 3.8) is 0 Å². The number of nitrogens with one attached hydrogen (secondary N) is 2. The van der Waals surface area contributed by atoms with Crippen molar-refractivity contribution in [3.05, 3.63) is 40.5 Å². The van der Waals surface area contributed by atoms with Crippen molar-refractivity contribution in [2.45, 2.75) is 11.8 Å². The Morgan fingerprint density at radius 2 is 1.85 bits per heavy atom. The number of nitrogens with zero attached hydrogens (tertiary/aromatic N) is 3. The molecule has 1 aromatic carbocycles. The van der Waals surface area contributed by atoms with E-state index < -0.39 is 10.0 Å². The van der Waals surface area contributed by atoms with E-state index in [9.17, 15) is 8.42 Å². The van der Waals surface area contributed by atoms with Crippen molar-refractivity contribution in [1.29, 1.82) is 0 Å². The topological polar surface area (TPSA) is 96.5 Å². The van der Waals surface area contributed by atoms with E-state index in [2.05, 4.69) is 40.8 Å². The van der Waals surface area contributed by atoms with E-state index >= 15 is 0 Å². The molecule has 1 fully saturated rings. The van der Waals surface area contributed by atoms with Gasteiger partial charge in [-0.2, -0.15) is 4.98 Å². The van der Waals surface area contributed by atoms with Crippen LogP contribution in [0.4, 0.5) is 11.8 Å². The summed E-state index contributed by atoms with van der Waals surface area (Å²) in [6.07, 6.45) is 0. The molecule has 1 aliphatic rings. The van der Waals surface area contributed by atoms with E-state index in [0.717, 1.165) is 29.1 Å². The highest BCUT2D eigenvalue weighted by Gasteiger charge is 2.15. The highest BCUT2D eigenvalue weighted by Crippen LogP contribution is 2.16. The maximum atomic E-state index is 12.3. The third kappa shape index (κ3) is 5.61. The van der Waals surface area contributed by atoms with Crippen LogP contribution in [0.5, 0.6) is 0 Å². The number of aromatic nitrogens is 2. The SMILES string of the molecule is Cc1cc(N2CCOCC2)nc(NCCNS(=O)(=O)c2ccc(Br)cc2)n1. The molecule has 8 nitrogen and oxygen atoms in total. The predicted octanol–water partition coefficient (Wildman–Crippen LogP) is 1.77. The molecule has 0 spiro atoms. The van der Waals surface area contributed by atoms with Crippen LogP contribution in [-0.4, -0.2) is 57.8 Å². The van der Waals surface area contributed by atoms with Crippen LogP contribution in [0.25, 0.3) is 0 Å². The van der Waals surface area contributed by atoms with Crippen LogP contribution in [0, 0.1) is 6.92 Å². The predicted molar refractivity (Wildman–Crippen MR) is 108 cm³/mol. The van der Waals surface area contributed by atoms with Crippen LogP contribution in [-0.2, 0) is 14.8 Å². The van der Waals surface area contributed by atoms with Gasteiger partial charge in [0.15, 0.2) is 0 Å². The van der Waals surface area contributed by atoms with Crippen LogP contribution in [0.15, 0.2) is 39.7 Å². The van der Waals surface area contributed by atoms with Crippen molar-refractivity contribution in [2.75, 3.05) is 49.6 Å². The maximum Gasteiger partial charge on any atom is 0.240 e. The minimum atomic E-state index is -3.54. The normalized spacial score (nSPS) is 15.0. The van der Waals surface area contributed by atoms with E-state index in [1.165, 1.54) is 0 Å². The summed E-state index contributed by atoms with van der Waals surface area (Å²) in [5, 5.41) is 3.08. The van der Waals surface area contributed by atoms with Crippen molar-refractivity contribution in [3.8, 4) is 0 Å². The van der Waals surface area contributed by atoms with Crippen molar-refractivity contribution >= 4 is 37.7 Å². The first-order chi connectivity index (χ1) is 12.9. The van der Waals surface area contributed by atoms with Gasteiger partial charge in [0.25, 0.3) is 0 Å². The summed E-state index contributed by atoms with van der Waals surface area (Å²) in [4.78, 5) is 11.3. The number of benzene rings is 1. The van der Waals surface area contributed by atoms with Crippen LogP contribution in [0.3, 0.4) is 0 Å². The van der Waals surface area contributed by atoms with Crippen molar-refractivity contribution in [2.24, 2.45) is 0 Å². The van der Waals surface area contributed by atoms with Crippen LogP contribution in [0.2, 0.25) is 0 Å². The lowest BCUT2D eigenvalue weighted by molar-refractivity contribution is 0.122. The first-order valence-corrected chi connectivity index (χ1v) is 10.9. The minimum absolute atomic E-state index is 0.225. The van der Waals surface area contributed by atoms with E-state index in [1.807, 2.05) is 13.0 Å². The molecule has 2 heterocycles. The molecule has 0 radical (unpaired) electrons. The number of anilines is 2. The molecule has 0 unspecified atom stereocenters. The lowest BCUT2D eigenvalue weighted by atomic mass is 10.3. The zero-order valence-corrected chi connectivity index (χ0v) is 17.4. The number of ether oxygens (including phenoxy) is 1. The Hall–Kier alpha value is -1.75. The zero-order valence-electron chi connectivity index (χ0n) is 15.0. The van der Waals surface area contributed by atoms with E-state index in [1.54, 1.807) is 24.3 Å². The summed E-state index contributed by atoms with van der Waals surface area (Å²) in [5.74, 6) is 1.34. The molecule has 0 bridgehead atoms. The smallest absolute Gasteiger partial charge is 0.240 e. The second-order valence-corrected chi connectivity index (χ2v) is 8.75. The number of halogens is 1. The van der Waals surface area contributed by atoms with Gasteiger partial charge in [-0.15, -0.1) is 0 Å². The molecule has 2 aromatic rings. The zero-order chi connectivity index (χ0) is 19.3. The fourth-order valence-corrected chi connectivity index (χ4v) is 3.94. The molecule has 3 rings (SSSR count). The minimum Gasteiger partial charge on any atom is -0.378 e. The Morgan fingerprint density at radius 3 is 2.56 bits per heavy atom. The molecule has 1 aliphatic heterocycles. The summed E-state index contributed by atoms with van der Waals surface area (Å²) < 4.78 is 33.3. The fraction of sp³-hybridized carbons (Fsp3) is 0.412. The quantitative estimate of drug-likeness (QED) is 0.613. The highest BCUT2D eigenvalue weighted by molar-refractivity contribution is 9.10. The summed E-state index contributed by atoms with van der Waals surface area (Å²) >= 11 is 3.29. The maximum absolute atomic E-state index is 12.3. The number of aryl methyl sites for hydroxylation is 1. The number of hydrogen-bond acceptors (Lipinski definition) is 7. The molecule has 0 amide bonds. The number of hydrogen-bond donors (Lipinski definition) is 2.